The second-order valence-electron chi connectivity index (χ2n) is 7.19. The van der Waals surface area contributed by atoms with Gasteiger partial charge in [-0.3, -0.25) is 4.74 Å². The third kappa shape index (κ3) is 5.39. The predicted octanol–water partition coefficient (Wildman–Crippen LogP) is 5.88. The molecular weight excluding hydrogens is 296 g/mol. The molecule has 5 heteroatoms. The molecule has 0 aromatic rings. The fraction of sp³-hybridized carbons (Fsp3) is 1.00. The van der Waals surface area contributed by atoms with Gasteiger partial charge in [0.25, 0.3) is 0 Å². The summed E-state index contributed by atoms with van der Waals surface area (Å²) in [5, 5.41) is 0. The van der Waals surface area contributed by atoms with Crippen LogP contribution in [0.2, 0.25) is 0 Å². The van der Waals surface area contributed by atoms with Crippen LogP contribution in [-0.2, 0) is 4.74 Å². The van der Waals surface area contributed by atoms with Crippen LogP contribution in [-0.4, -0.2) is 19.1 Å². The quantitative estimate of drug-likeness (QED) is 0.573. The van der Waals surface area contributed by atoms with Crippen LogP contribution in [0.3, 0.4) is 0 Å². The first-order valence-electron chi connectivity index (χ1n) is 8.73. The number of hydrogen-bond donors (Lipinski definition) is 0. The molecule has 130 valence electrons. The van der Waals surface area contributed by atoms with Crippen LogP contribution < -0.4 is 0 Å². The Morgan fingerprint density at radius 1 is 0.955 bits per heavy atom. The van der Waals surface area contributed by atoms with Crippen molar-refractivity contribution in [2.24, 2.45) is 23.7 Å². The molecule has 2 aliphatic carbocycles. The molecule has 0 aromatic carbocycles. The van der Waals surface area contributed by atoms with Crippen molar-refractivity contribution < 1.29 is 22.3 Å². The van der Waals surface area contributed by atoms with E-state index in [0.29, 0.717) is 18.3 Å². The summed E-state index contributed by atoms with van der Waals surface area (Å²) in [6, 6.07) is 0. The summed E-state index contributed by atoms with van der Waals surface area (Å²) in [7, 11) is 0. The van der Waals surface area contributed by atoms with Gasteiger partial charge >= 0.3 is 6.36 Å². The number of halogens is 4. The van der Waals surface area contributed by atoms with Gasteiger partial charge in [0, 0.05) is 0 Å². The van der Waals surface area contributed by atoms with Crippen molar-refractivity contribution >= 4 is 0 Å². The van der Waals surface area contributed by atoms with Crippen molar-refractivity contribution in [1.82, 2.24) is 0 Å². The maximum absolute atomic E-state index is 14.4. The second-order valence-corrected chi connectivity index (χ2v) is 7.19. The molecule has 0 amide bonds. The molecule has 0 N–H and O–H groups in total. The molecule has 2 saturated carbocycles. The minimum atomic E-state index is -4.53. The highest BCUT2D eigenvalue weighted by atomic mass is 19.4. The van der Waals surface area contributed by atoms with E-state index < -0.39 is 12.5 Å². The van der Waals surface area contributed by atoms with Gasteiger partial charge < -0.3 is 0 Å². The molecule has 0 bridgehead atoms. The topological polar surface area (TPSA) is 9.23 Å². The molecule has 0 heterocycles. The lowest BCUT2D eigenvalue weighted by atomic mass is 9.68. The van der Waals surface area contributed by atoms with E-state index in [4.69, 9.17) is 0 Å². The molecule has 0 radical (unpaired) electrons. The lowest BCUT2D eigenvalue weighted by Gasteiger charge is -2.39. The first kappa shape index (κ1) is 18.0. The Morgan fingerprint density at radius 2 is 1.59 bits per heavy atom. The molecule has 1 nitrogen and oxygen atoms in total. The molecule has 22 heavy (non-hydrogen) atoms. The molecular formula is C17H28F4O. The van der Waals surface area contributed by atoms with Gasteiger partial charge in [0.15, 0.2) is 0 Å². The van der Waals surface area contributed by atoms with E-state index in [0.717, 1.165) is 51.4 Å². The van der Waals surface area contributed by atoms with Crippen LogP contribution in [0.25, 0.3) is 0 Å². The van der Waals surface area contributed by atoms with Gasteiger partial charge in [-0.2, -0.15) is 0 Å². The Hall–Kier alpha value is -0.320. The zero-order valence-electron chi connectivity index (χ0n) is 13.4. The average Bonchev–Trinajstić information content (AvgIpc) is 2.46. The zero-order valence-corrected chi connectivity index (χ0v) is 13.4. The van der Waals surface area contributed by atoms with Crippen molar-refractivity contribution in [3.8, 4) is 0 Å². The monoisotopic (exact) mass is 324 g/mol. The maximum Gasteiger partial charge on any atom is 0.522 e. The normalized spacial score (nSPS) is 37.2. The van der Waals surface area contributed by atoms with Crippen molar-refractivity contribution in [3.05, 3.63) is 0 Å². The molecule has 2 rings (SSSR count). The van der Waals surface area contributed by atoms with Gasteiger partial charge in [0.05, 0.1) is 6.61 Å². The molecule has 0 aromatic heterocycles. The van der Waals surface area contributed by atoms with E-state index in [1.54, 1.807) is 0 Å². The van der Waals surface area contributed by atoms with Gasteiger partial charge in [-0.15, -0.1) is 13.2 Å². The van der Waals surface area contributed by atoms with Gasteiger partial charge in [-0.1, -0.05) is 19.8 Å². The molecule has 3 unspecified atom stereocenters. The summed E-state index contributed by atoms with van der Waals surface area (Å²) in [6.45, 7) is 1.90. The fourth-order valence-electron chi connectivity index (χ4n) is 4.42. The average molecular weight is 324 g/mol. The van der Waals surface area contributed by atoms with Crippen molar-refractivity contribution in [3.63, 3.8) is 0 Å². The Morgan fingerprint density at radius 3 is 2.14 bits per heavy atom. The number of ether oxygens (including phenoxy) is 1. The molecule has 0 saturated heterocycles. The van der Waals surface area contributed by atoms with E-state index >= 15 is 0 Å². The largest absolute Gasteiger partial charge is 0.522 e. The summed E-state index contributed by atoms with van der Waals surface area (Å²) < 4.78 is 54.5. The molecule has 2 aliphatic rings. The van der Waals surface area contributed by atoms with Crippen LogP contribution in [0.15, 0.2) is 0 Å². The van der Waals surface area contributed by atoms with Crippen LogP contribution in [0, 0.1) is 23.7 Å². The van der Waals surface area contributed by atoms with E-state index in [1.807, 2.05) is 0 Å². The Kier molecular flexibility index (Phi) is 6.54. The maximum atomic E-state index is 14.4. The third-order valence-electron chi connectivity index (χ3n) is 5.61. The lowest BCUT2D eigenvalue weighted by Crippen LogP contribution is -2.34. The van der Waals surface area contributed by atoms with Gasteiger partial charge in [0.2, 0.25) is 0 Å². The fourth-order valence-corrected chi connectivity index (χ4v) is 4.42. The highest BCUT2D eigenvalue weighted by Crippen LogP contribution is 2.43. The van der Waals surface area contributed by atoms with Crippen molar-refractivity contribution in [2.75, 3.05) is 6.61 Å². The third-order valence-corrected chi connectivity index (χ3v) is 5.61. The van der Waals surface area contributed by atoms with E-state index in [9.17, 15) is 17.6 Å². The zero-order chi connectivity index (χ0) is 16.2. The Bertz CT molecular complexity index is 323. The van der Waals surface area contributed by atoms with Crippen molar-refractivity contribution in [2.45, 2.75) is 77.2 Å². The van der Waals surface area contributed by atoms with Crippen LogP contribution in [0.5, 0.6) is 0 Å². The van der Waals surface area contributed by atoms with Crippen molar-refractivity contribution in [1.29, 1.82) is 0 Å². The first-order chi connectivity index (χ1) is 10.4. The van der Waals surface area contributed by atoms with Gasteiger partial charge in [-0.25, -0.2) is 4.39 Å². The molecule has 3 atom stereocenters. The van der Waals surface area contributed by atoms with Gasteiger partial charge in [0.1, 0.15) is 6.17 Å². The SMILES string of the molecule is CCCC1CCC(C2CCC(COC(F)(F)F)CC2)C(F)C1. The smallest absolute Gasteiger partial charge is 0.292 e. The number of alkyl halides is 4. The number of rotatable bonds is 5. The summed E-state index contributed by atoms with van der Waals surface area (Å²) >= 11 is 0. The van der Waals surface area contributed by atoms with E-state index in [2.05, 4.69) is 11.7 Å². The molecule has 0 aliphatic heterocycles. The number of hydrogen-bond acceptors (Lipinski definition) is 1. The predicted molar refractivity (Wildman–Crippen MR) is 78.1 cm³/mol. The van der Waals surface area contributed by atoms with Crippen LogP contribution in [0.1, 0.15) is 64.7 Å². The van der Waals surface area contributed by atoms with Crippen LogP contribution >= 0.6 is 0 Å². The Balaban J connectivity index is 1.73. The van der Waals surface area contributed by atoms with E-state index in [-0.39, 0.29) is 18.4 Å². The summed E-state index contributed by atoms with van der Waals surface area (Å²) in [4.78, 5) is 0. The molecule has 0 spiro atoms. The summed E-state index contributed by atoms with van der Waals surface area (Å²) in [6.07, 6.45) is 2.96. The van der Waals surface area contributed by atoms with Gasteiger partial charge in [-0.05, 0) is 68.6 Å². The minimum absolute atomic E-state index is 0.0210. The highest BCUT2D eigenvalue weighted by Gasteiger charge is 2.38. The first-order valence-corrected chi connectivity index (χ1v) is 8.73. The summed E-state index contributed by atoms with van der Waals surface area (Å²) in [5.74, 6) is 1.01. The molecule has 2 fully saturated rings. The highest BCUT2D eigenvalue weighted by molar-refractivity contribution is 4.87. The standard InChI is InChI=1S/C17H28F4O/c1-2-3-12-6-9-15(16(18)10-12)14-7-4-13(5-8-14)11-22-17(19,20)21/h12-16H,2-11H2,1H3. The van der Waals surface area contributed by atoms with E-state index in [1.165, 1.54) is 0 Å². The lowest BCUT2D eigenvalue weighted by molar-refractivity contribution is -0.329. The van der Waals surface area contributed by atoms with Crippen LogP contribution in [0.4, 0.5) is 17.6 Å². The Labute approximate surface area is 130 Å². The minimum Gasteiger partial charge on any atom is -0.292 e. The second kappa shape index (κ2) is 7.98. The summed E-state index contributed by atoms with van der Waals surface area (Å²) in [5.41, 5.74) is 0.